The molecule has 1 heterocycles. The standard InChI is InChI=1S/C38H28N2O/c1-38(2)33-15-9-8-14-31(33)32-22-21-29(24-34(32)38)40(28-19-16-26(17-20-28)25-10-4-3-5-11-25)37-39-36-30-13-7-6-12-27(30)18-23-35(36)41-37/h3-24H,1-2H3. The van der Waals surface area contributed by atoms with Crippen LogP contribution >= 0.6 is 0 Å². The fraction of sp³-hybridized carbons (Fsp3) is 0.0789. The van der Waals surface area contributed by atoms with Crippen LogP contribution in [-0.4, -0.2) is 4.98 Å². The summed E-state index contributed by atoms with van der Waals surface area (Å²) in [6, 6.07) is 47.6. The Kier molecular flexibility index (Phi) is 5.17. The van der Waals surface area contributed by atoms with Gasteiger partial charge in [0.15, 0.2) is 5.58 Å². The molecule has 3 nitrogen and oxygen atoms in total. The highest BCUT2D eigenvalue weighted by Crippen LogP contribution is 2.50. The van der Waals surface area contributed by atoms with Crippen molar-refractivity contribution in [2.75, 3.05) is 4.90 Å². The fourth-order valence-electron chi connectivity index (χ4n) is 6.38. The van der Waals surface area contributed by atoms with Gasteiger partial charge in [0, 0.05) is 10.8 Å². The van der Waals surface area contributed by atoms with Gasteiger partial charge in [0.2, 0.25) is 0 Å². The second kappa shape index (κ2) is 8.94. The quantitative estimate of drug-likeness (QED) is 0.228. The number of hydrogen-bond acceptors (Lipinski definition) is 3. The molecule has 41 heavy (non-hydrogen) atoms. The Balaban J connectivity index is 1.31. The highest BCUT2D eigenvalue weighted by Gasteiger charge is 2.36. The van der Waals surface area contributed by atoms with Gasteiger partial charge in [-0.2, -0.15) is 4.98 Å². The van der Waals surface area contributed by atoms with Crippen LogP contribution < -0.4 is 4.90 Å². The Morgan fingerprint density at radius 1 is 0.585 bits per heavy atom. The van der Waals surface area contributed by atoms with Crippen molar-refractivity contribution in [2.24, 2.45) is 0 Å². The van der Waals surface area contributed by atoms with E-state index in [0.29, 0.717) is 6.01 Å². The van der Waals surface area contributed by atoms with Crippen LogP contribution in [0.2, 0.25) is 0 Å². The molecule has 0 atom stereocenters. The lowest BCUT2D eigenvalue weighted by Gasteiger charge is -2.25. The molecule has 0 bridgehead atoms. The van der Waals surface area contributed by atoms with Crippen LogP contribution in [0.25, 0.3) is 44.1 Å². The molecule has 6 aromatic carbocycles. The van der Waals surface area contributed by atoms with Gasteiger partial charge in [0.05, 0.1) is 11.4 Å². The lowest BCUT2D eigenvalue weighted by molar-refractivity contribution is 0.608. The van der Waals surface area contributed by atoms with E-state index in [4.69, 9.17) is 9.40 Å². The summed E-state index contributed by atoms with van der Waals surface area (Å²) in [5.74, 6) is 0. The number of hydrogen-bond donors (Lipinski definition) is 0. The SMILES string of the molecule is CC1(C)c2ccccc2-c2ccc(N(c3ccc(-c4ccccc4)cc3)c3nc4c(ccc5ccccc54)o3)cc21. The number of fused-ring (bicyclic) bond motifs is 6. The molecule has 0 aliphatic heterocycles. The molecule has 0 fully saturated rings. The van der Waals surface area contributed by atoms with E-state index in [9.17, 15) is 0 Å². The second-order valence-electron chi connectivity index (χ2n) is 11.3. The molecule has 0 amide bonds. The van der Waals surface area contributed by atoms with E-state index < -0.39 is 0 Å². The van der Waals surface area contributed by atoms with Crippen LogP contribution in [0, 0.1) is 0 Å². The highest BCUT2D eigenvalue weighted by molar-refractivity contribution is 6.04. The van der Waals surface area contributed by atoms with Gasteiger partial charge in [-0.25, -0.2) is 0 Å². The topological polar surface area (TPSA) is 29.3 Å². The zero-order chi connectivity index (χ0) is 27.6. The average Bonchev–Trinajstić information content (AvgIpc) is 3.55. The molecule has 0 radical (unpaired) electrons. The minimum absolute atomic E-state index is 0.109. The Labute approximate surface area is 239 Å². The van der Waals surface area contributed by atoms with Gasteiger partial charge in [-0.15, -0.1) is 0 Å². The summed E-state index contributed by atoms with van der Waals surface area (Å²) in [5, 5.41) is 2.24. The molecule has 0 N–H and O–H groups in total. The number of rotatable bonds is 4. The van der Waals surface area contributed by atoms with E-state index in [1.807, 2.05) is 12.1 Å². The summed E-state index contributed by atoms with van der Waals surface area (Å²) < 4.78 is 6.51. The van der Waals surface area contributed by atoms with Gasteiger partial charge in [0.25, 0.3) is 0 Å². The molecule has 8 rings (SSSR count). The number of aromatic nitrogens is 1. The third-order valence-electron chi connectivity index (χ3n) is 8.52. The lowest BCUT2D eigenvalue weighted by Crippen LogP contribution is -2.16. The van der Waals surface area contributed by atoms with Gasteiger partial charge in [-0.3, -0.25) is 4.90 Å². The van der Waals surface area contributed by atoms with Crippen molar-refractivity contribution in [3.8, 4) is 22.3 Å². The molecule has 7 aromatic rings. The predicted octanol–water partition coefficient (Wildman–Crippen LogP) is 10.4. The minimum atomic E-state index is -0.109. The Morgan fingerprint density at radius 3 is 2.12 bits per heavy atom. The number of oxazole rings is 1. The van der Waals surface area contributed by atoms with Crippen molar-refractivity contribution in [2.45, 2.75) is 19.3 Å². The second-order valence-corrected chi connectivity index (χ2v) is 11.3. The van der Waals surface area contributed by atoms with Crippen molar-refractivity contribution in [1.82, 2.24) is 4.98 Å². The number of nitrogens with zero attached hydrogens (tertiary/aromatic N) is 2. The van der Waals surface area contributed by atoms with E-state index in [-0.39, 0.29) is 5.41 Å². The van der Waals surface area contributed by atoms with Crippen molar-refractivity contribution in [1.29, 1.82) is 0 Å². The van der Waals surface area contributed by atoms with E-state index >= 15 is 0 Å². The van der Waals surface area contributed by atoms with E-state index in [1.54, 1.807) is 0 Å². The minimum Gasteiger partial charge on any atom is -0.423 e. The molecule has 1 aliphatic rings. The zero-order valence-corrected chi connectivity index (χ0v) is 23.0. The summed E-state index contributed by atoms with van der Waals surface area (Å²) in [7, 11) is 0. The first-order valence-electron chi connectivity index (χ1n) is 14.1. The first-order chi connectivity index (χ1) is 20.1. The van der Waals surface area contributed by atoms with E-state index in [2.05, 4.69) is 140 Å². The summed E-state index contributed by atoms with van der Waals surface area (Å²) in [6.07, 6.45) is 0. The van der Waals surface area contributed by atoms with Gasteiger partial charge >= 0.3 is 6.01 Å². The third-order valence-corrected chi connectivity index (χ3v) is 8.52. The molecule has 1 aliphatic carbocycles. The lowest BCUT2D eigenvalue weighted by atomic mass is 9.82. The third kappa shape index (κ3) is 3.70. The fourth-order valence-corrected chi connectivity index (χ4v) is 6.38. The molecule has 196 valence electrons. The normalized spacial score (nSPS) is 13.3. The first-order valence-corrected chi connectivity index (χ1v) is 14.1. The molecular formula is C38H28N2O. The molecule has 0 saturated heterocycles. The van der Waals surface area contributed by atoms with Crippen LogP contribution in [0.4, 0.5) is 17.4 Å². The maximum atomic E-state index is 6.51. The van der Waals surface area contributed by atoms with Crippen molar-refractivity contribution in [3.63, 3.8) is 0 Å². The summed E-state index contributed by atoms with van der Waals surface area (Å²) in [4.78, 5) is 7.24. The van der Waals surface area contributed by atoms with Crippen molar-refractivity contribution < 1.29 is 4.42 Å². The van der Waals surface area contributed by atoms with E-state index in [1.165, 1.54) is 33.4 Å². The predicted molar refractivity (Wildman–Crippen MR) is 169 cm³/mol. The van der Waals surface area contributed by atoms with Crippen LogP contribution in [0.3, 0.4) is 0 Å². The Morgan fingerprint density at radius 2 is 1.27 bits per heavy atom. The number of anilines is 3. The summed E-state index contributed by atoms with van der Waals surface area (Å²) in [6.45, 7) is 4.62. The molecular weight excluding hydrogens is 500 g/mol. The summed E-state index contributed by atoms with van der Waals surface area (Å²) >= 11 is 0. The average molecular weight is 529 g/mol. The van der Waals surface area contributed by atoms with Crippen molar-refractivity contribution >= 4 is 39.3 Å². The van der Waals surface area contributed by atoms with Gasteiger partial charge in [-0.05, 0) is 69.1 Å². The maximum Gasteiger partial charge on any atom is 0.307 e. The molecule has 0 spiro atoms. The zero-order valence-electron chi connectivity index (χ0n) is 23.0. The highest BCUT2D eigenvalue weighted by atomic mass is 16.4. The van der Waals surface area contributed by atoms with Crippen molar-refractivity contribution in [3.05, 3.63) is 145 Å². The Bertz CT molecular complexity index is 2070. The molecule has 0 unspecified atom stereocenters. The van der Waals surface area contributed by atoms with Gasteiger partial charge < -0.3 is 4.42 Å². The Hall–Kier alpha value is -5.15. The van der Waals surface area contributed by atoms with Gasteiger partial charge in [0.1, 0.15) is 5.52 Å². The first kappa shape index (κ1) is 23.7. The molecule has 3 heteroatoms. The largest absolute Gasteiger partial charge is 0.423 e. The maximum absolute atomic E-state index is 6.51. The van der Waals surface area contributed by atoms with Crippen LogP contribution in [0.1, 0.15) is 25.0 Å². The number of benzene rings is 6. The van der Waals surface area contributed by atoms with Crippen LogP contribution in [0.5, 0.6) is 0 Å². The summed E-state index contributed by atoms with van der Waals surface area (Å²) in [5.41, 5.74) is 11.2. The molecule has 1 aromatic heterocycles. The van der Waals surface area contributed by atoms with E-state index in [0.717, 1.165) is 33.2 Å². The smallest absolute Gasteiger partial charge is 0.307 e. The van der Waals surface area contributed by atoms with Crippen LogP contribution in [0.15, 0.2) is 138 Å². The molecule has 0 saturated carbocycles. The van der Waals surface area contributed by atoms with Crippen LogP contribution in [-0.2, 0) is 5.41 Å². The monoisotopic (exact) mass is 528 g/mol. The van der Waals surface area contributed by atoms with Gasteiger partial charge in [-0.1, -0.05) is 117 Å².